The van der Waals surface area contributed by atoms with Crippen LogP contribution in [-0.2, 0) is 10.2 Å². The number of hydrogen-bond donors (Lipinski definition) is 0. The summed E-state index contributed by atoms with van der Waals surface area (Å²) in [5.74, 6) is 1.58. The number of ketones is 1. The summed E-state index contributed by atoms with van der Waals surface area (Å²) in [6.07, 6.45) is 3.57. The van der Waals surface area contributed by atoms with Gasteiger partial charge in [0, 0.05) is 11.5 Å². The molecule has 1 heterocycles. The van der Waals surface area contributed by atoms with Crippen molar-refractivity contribution in [3.05, 3.63) is 34.9 Å². The van der Waals surface area contributed by atoms with Crippen molar-refractivity contribution in [2.45, 2.75) is 32.1 Å². The Morgan fingerprint density at radius 3 is 2.82 bits per heavy atom. The summed E-state index contributed by atoms with van der Waals surface area (Å²) < 4.78 is 5.65. The van der Waals surface area contributed by atoms with E-state index in [0.717, 1.165) is 23.5 Å². The summed E-state index contributed by atoms with van der Waals surface area (Å²) >= 11 is 0. The molecule has 1 atom stereocenters. The number of benzene rings is 1. The lowest BCUT2D eigenvalue weighted by molar-refractivity contribution is -0.118. The Morgan fingerprint density at radius 1 is 1.29 bits per heavy atom. The van der Waals surface area contributed by atoms with Crippen molar-refractivity contribution in [1.29, 1.82) is 0 Å². The molecule has 1 aromatic carbocycles. The molecule has 0 unspecified atom stereocenters. The zero-order valence-corrected chi connectivity index (χ0v) is 10.4. The number of carbonyl (C=O) groups excluding carboxylic acids is 1. The topological polar surface area (TPSA) is 26.3 Å². The van der Waals surface area contributed by atoms with Gasteiger partial charge in [-0.25, -0.2) is 0 Å². The zero-order chi connectivity index (χ0) is 12.2. The number of fused-ring (bicyclic) bond motifs is 2. The van der Waals surface area contributed by atoms with Gasteiger partial charge in [-0.1, -0.05) is 19.1 Å². The SMILES string of the molecule is C[C@H]1COc2cc3c(cc21)C(C)(C)C(=O)C=C3. The molecule has 88 valence electrons. The molecule has 0 N–H and O–H groups in total. The number of hydrogen-bond acceptors (Lipinski definition) is 2. The summed E-state index contributed by atoms with van der Waals surface area (Å²) in [4.78, 5) is 11.9. The maximum Gasteiger partial charge on any atom is 0.165 e. The minimum Gasteiger partial charge on any atom is -0.493 e. The minimum absolute atomic E-state index is 0.177. The first-order valence-electron chi connectivity index (χ1n) is 6.04. The molecule has 0 aromatic heterocycles. The molecule has 2 nitrogen and oxygen atoms in total. The molecule has 0 amide bonds. The highest BCUT2D eigenvalue weighted by atomic mass is 16.5. The van der Waals surface area contributed by atoms with Gasteiger partial charge in [0.15, 0.2) is 5.78 Å². The predicted molar refractivity (Wildman–Crippen MR) is 67.4 cm³/mol. The molecule has 1 aliphatic carbocycles. The number of rotatable bonds is 0. The van der Waals surface area contributed by atoms with E-state index in [0.29, 0.717) is 5.92 Å². The van der Waals surface area contributed by atoms with Gasteiger partial charge in [-0.2, -0.15) is 0 Å². The van der Waals surface area contributed by atoms with Crippen LogP contribution in [0.1, 0.15) is 43.4 Å². The van der Waals surface area contributed by atoms with E-state index in [2.05, 4.69) is 19.1 Å². The Labute approximate surface area is 101 Å². The average molecular weight is 228 g/mol. The van der Waals surface area contributed by atoms with Gasteiger partial charge in [-0.3, -0.25) is 4.79 Å². The summed E-state index contributed by atoms with van der Waals surface area (Å²) in [6, 6.07) is 4.22. The van der Waals surface area contributed by atoms with Gasteiger partial charge in [-0.15, -0.1) is 0 Å². The third-order valence-electron chi connectivity index (χ3n) is 3.91. The van der Waals surface area contributed by atoms with Gasteiger partial charge in [0.2, 0.25) is 0 Å². The van der Waals surface area contributed by atoms with Gasteiger partial charge < -0.3 is 4.74 Å². The molecule has 2 aliphatic rings. The van der Waals surface area contributed by atoms with Crippen LogP contribution in [0.4, 0.5) is 0 Å². The molecule has 0 saturated carbocycles. The summed E-state index contributed by atoms with van der Waals surface area (Å²) in [5.41, 5.74) is 3.06. The summed E-state index contributed by atoms with van der Waals surface area (Å²) in [5, 5.41) is 0. The van der Waals surface area contributed by atoms with E-state index in [1.165, 1.54) is 5.56 Å². The van der Waals surface area contributed by atoms with Gasteiger partial charge in [0.25, 0.3) is 0 Å². The molecular formula is C15H16O2. The molecule has 1 aliphatic heterocycles. The zero-order valence-electron chi connectivity index (χ0n) is 10.4. The lowest BCUT2D eigenvalue weighted by atomic mass is 9.74. The number of carbonyl (C=O) groups is 1. The second-order valence-electron chi connectivity index (χ2n) is 5.51. The minimum atomic E-state index is -0.415. The Kier molecular flexibility index (Phi) is 2.00. The van der Waals surface area contributed by atoms with E-state index in [9.17, 15) is 4.79 Å². The maximum atomic E-state index is 11.9. The van der Waals surface area contributed by atoms with E-state index in [-0.39, 0.29) is 5.78 Å². The Balaban J connectivity index is 2.24. The fourth-order valence-corrected chi connectivity index (χ4v) is 2.61. The second-order valence-corrected chi connectivity index (χ2v) is 5.51. The van der Waals surface area contributed by atoms with Crippen LogP contribution in [-0.4, -0.2) is 12.4 Å². The van der Waals surface area contributed by atoms with E-state index in [1.54, 1.807) is 6.08 Å². The van der Waals surface area contributed by atoms with Crippen LogP contribution in [0, 0.1) is 0 Å². The molecule has 0 radical (unpaired) electrons. The normalized spacial score (nSPS) is 24.2. The van der Waals surface area contributed by atoms with Crippen molar-refractivity contribution in [2.75, 3.05) is 6.61 Å². The molecule has 0 saturated heterocycles. The number of ether oxygens (including phenoxy) is 1. The Hall–Kier alpha value is -1.57. The molecule has 1 aromatic rings. The van der Waals surface area contributed by atoms with Crippen molar-refractivity contribution in [1.82, 2.24) is 0 Å². The van der Waals surface area contributed by atoms with E-state index >= 15 is 0 Å². The fraction of sp³-hybridized carbons (Fsp3) is 0.400. The Bertz CT molecular complexity index is 538. The second kappa shape index (κ2) is 3.22. The first-order chi connectivity index (χ1) is 8.00. The van der Waals surface area contributed by atoms with Crippen LogP contribution in [0.15, 0.2) is 18.2 Å². The summed E-state index contributed by atoms with van der Waals surface area (Å²) in [6.45, 7) is 6.89. The van der Waals surface area contributed by atoms with E-state index in [1.807, 2.05) is 19.9 Å². The van der Waals surface area contributed by atoms with Gasteiger partial charge in [0.05, 0.1) is 12.0 Å². The fourth-order valence-electron chi connectivity index (χ4n) is 2.61. The van der Waals surface area contributed by atoms with Crippen molar-refractivity contribution >= 4 is 11.9 Å². The molecule has 17 heavy (non-hydrogen) atoms. The van der Waals surface area contributed by atoms with E-state index in [4.69, 9.17) is 4.74 Å². The van der Waals surface area contributed by atoms with E-state index < -0.39 is 5.41 Å². The summed E-state index contributed by atoms with van der Waals surface area (Å²) in [7, 11) is 0. The standard InChI is InChI=1S/C15H16O2/c1-9-8-17-13-6-10-4-5-14(16)15(2,3)12(10)7-11(9)13/h4-7,9H,8H2,1-3H3/t9-/m0/s1. The first kappa shape index (κ1) is 10.6. The Morgan fingerprint density at radius 2 is 2.06 bits per heavy atom. The van der Waals surface area contributed by atoms with Crippen molar-refractivity contribution < 1.29 is 9.53 Å². The number of allylic oxidation sites excluding steroid dienone is 1. The maximum absolute atomic E-state index is 11.9. The van der Waals surface area contributed by atoms with Crippen LogP contribution in [0.3, 0.4) is 0 Å². The lowest BCUT2D eigenvalue weighted by Gasteiger charge is -2.28. The van der Waals surface area contributed by atoms with Crippen LogP contribution in [0.2, 0.25) is 0 Å². The predicted octanol–water partition coefficient (Wildman–Crippen LogP) is 3.06. The van der Waals surface area contributed by atoms with Crippen LogP contribution in [0.25, 0.3) is 6.08 Å². The molecular weight excluding hydrogens is 212 g/mol. The van der Waals surface area contributed by atoms with Crippen LogP contribution >= 0.6 is 0 Å². The lowest BCUT2D eigenvalue weighted by Crippen LogP contribution is -2.30. The van der Waals surface area contributed by atoms with Crippen molar-refractivity contribution in [3.8, 4) is 5.75 Å². The largest absolute Gasteiger partial charge is 0.493 e. The molecule has 2 heteroatoms. The van der Waals surface area contributed by atoms with Gasteiger partial charge in [-0.05, 0) is 37.1 Å². The van der Waals surface area contributed by atoms with Gasteiger partial charge in [0.1, 0.15) is 5.75 Å². The van der Waals surface area contributed by atoms with Crippen LogP contribution < -0.4 is 4.74 Å². The van der Waals surface area contributed by atoms with Crippen LogP contribution in [0.5, 0.6) is 5.75 Å². The third kappa shape index (κ3) is 1.36. The first-order valence-corrected chi connectivity index (χ1v) is 6.04. The smallest absolute Gasteiger partial charge is 0.165 e. The molecule has 0 bridgehead atoms. The molecule has 0 spiro atoms. The third-order valence-corrected chi connectivity index (χ3v) is 3.91. The average Bonchev–Trinajstić information content (AvgIpc) is 2.64. The van der Waals surface area contributed by atoms with Crippen molar-refractivity contribution in [2.24, 2.45) is 0 Å². The monoisotopic (exact) mass is 228 g/mol. The molecule has 0 fully saturated rings. The quantitative estimate of drug-likeness (QED) is 0.682. The highest BCUT2D eigenvalue weighted by Gasteiger charge is 2.34. The highest BCUT2D eigenvalue weighted by molar-refractivity contribution is 6.04. The van der Waals surface area contributed by atoms with Gasteiger partial charge >= 0.3 is 0 Å². The van der Waals surface area contributed by atoms with Crippen molar-refractivity contribution in [3.63, 3.8) is 0 Å². The highest BCUT2D eigenvalue weighted by Crippen LogP contribution is 2.41. The molecule has 3 rings (SSSR count).